The van der Waals surface area contributed by atoms with Crippen LogP contribution in [0.3, 0.4) is 0 Å². The number of nitriles is 1. The molecule has 0 atom stereocenters. The van der Waals surface area contributed by atoms with E-state index < -0.39 is 0 Å². The number of halogens is 1. The van der Waals surface area contributed by atoms with Crippen molar-refractivity contribution in [2.45, 2.75) is 6.54 Å². The predicted molar refractivity (Wildman–Crippen MR) is 69.6 cm³/mol. The molecule has 0 aliphatic carbocycles. The third-order valence-corrected chi connectivity index (χ3v) is 2.76. The molecule has 0 amide bonds. The van der Waals surface area contributed by atoms with Gasteiger partial charge < -0.3 is 14.7 Å². The summed E-state index contributed by atoms with van der Waals surface area (Å²) in [5.74, 6) is 1.34. The molecule has 3 rings (SSSR count). The average Bonchev–Trinajstić information content (AvgIpc) is 3.04. The van der Waals surface area contributed by atoms with Crippen molar-refractivity contribution in [1.29, 1.82) is 5.26 Å². The topological polar surface area (TPSA) is 90.5 Å². The van der Waals surface area contributed by atoms with E-state index in [1.165, 1.54) is 0 Å². The molecule has 3 aromatic rings. The summed E-state index contributed by atoms with van der Waals surface area (Å²) in [4.78, 5) is 11.0. The molecule has 0 fully saturated rings. The van der Waals surface area contributed by atoms with Gasteiger partial charge in [0.15, 0.2) is 0 Å². The minimum atomic E-state index is 0.112. The standard InChI is InChI=1S/C12H8ClN5O/c13-12-17-10(15-6-8-2-1-3-19-8)9-4-7(5-14)16-11(9)18-12/h1-4H,6H2,(H2,15,16,17,18). The lowest BCUT2D eigenvalue weighted by Gasteiger charge is -2.04. The summed E-state index contributed by atoms with van der Waals surface area (Å²) >= 11 is 5.85. The maximum absolute atomic E-state index is 8.88. The van der Waals surface area contributed by atoms with E-state index in [0.717, 1.165) is 5.76 Å². The van der Waals surface area contributed by atoms with Crippen molar-refractivity contribution >= 4 is 28.5 Å². The Kier molecular flexibility index (Phi) is 2.82. The smallest absolute Gasteiger partial charge is 0.226 e. The second-order valence-corrected chi connectivity index (χ2v) is 4.17. The molecule has 6 nitrogen and oxygen atoms in total. The Morgan fingerprint density at radius 3 is 3.11 bits per heavy atom. The number of hydrogen-bond acceptors (Lipinski definition) is 5. The Hall–Kier alpha value is -2.52. The third kappa shape index (κ3) is 2.23. The summed E-state index contributed by atoms with van der Waals surface area (Å²) in [6.07, 6.45) is 1.60. The van der Waals surface area contributed by atoms with Crippen LogP contribution in [-0.2, 0) is 6.54 Å². The van der Waals surface area contributed by atoms with E-state index in [-0.39, 0.29) is 5.28 Å². The minimum absolute atomic E-state index is 0.112. The number of hydrogen-bond donors (Lipinski definition) is 2. The first-order valence-electron chi connectivity index (χ1n) is 5.49. The van der Waals surface area contributed by atoms with Gasteiger partial charge in [0.05, 0.1) is 18.2 Å². The molecule has 19 heavy (non-hydrogen) atoms. The summed E-state index contributed by atoms with van der Waals surface area (Å²) in [7, 11) is 0. The largest absolute Gasteiger partial charge is 0.467 e. The number of aromatic nitrogens is 3. The number of aromatic amines is 1. The Balaban J connectivity index is 1.97. The van der Waals surface area contributed by atoms with Crippen LogP contribution in [0.4, 0.5) is 5.82 Å². The van der Waals surface area contributed by atoms with Crippen molar-refractivity contribution in [1.82, 2.24) is 15.0 Å². The second-order valence-electron chi connectivity index (χ2n) is 3.83. The van der Waals surface area contributed by atoms with Crippen LogP contribution in [0.2, 0.25) is 5.28 Å². The SMILES string of the molecule is N#Cc1cc2c(NCc3ccco3)nc(Cl)nc2[nH]1. The van der Waals surface area contributed by atoms with Gasteiger partial charge in [0.1, 0.15) is 29.0 Å². The van der Waals surface area contributed by atoms with Crippen LogP contribution in [0.15, 0.2) is 28.9 Å². The molecule has 94 valence electrons. The molecule has 0 unspecified atom stereocenters. The van der Waals surface area contributed by atoms with Gasteiger partial charge in [0.25, 0.3) is 0 Å². The lowest BCUT2D eigenvalue weighted by Crippen LogP contribution is -2.01. The quantitative estimate of drug-likeness (QED) is 0.716. The Bertz CT molecular complexity index is 756. The Morgan fingerprint density at radius 1 is 1.47 bits per heavy atom. The number of fused-ring (bicyclic) bond motifs is 1. The van der Waals surface area contributed by atoms with Crippen LogP contribution >= 0.6 is 11.6 Å². The maximum Gasteiger partial charge on any atom is 0.226 e. The zero-order valence-corrected chi connectivity index (χ0v) is 10.4. The fourth-order valence-electron chi connectivity index (χ4n) is 1.76. The summed E-state index contributed by atoms with van der Waals surface area (Å²) in [5, 5.41) is 12.8. The summed E-state index contributed by atoms with van der Waals surface area (Å²) in [6.45, 7) is 0.475. The monoisotopic (exact) mass is 273 g/mol. The van der Waals surface area contributed by atoms with Gasteiger partial charge in [-0.1, -0.05) is 0 Å². The highest BCUT2D eigenvalue weighted by atomic mass is 35.5. The van der Waals surface area contributed by atoms with Crippen LogP contribution < -0.4 is 5.32 Å². The van der Waals surface area contributed by atoms with E-state index in [2.05, 4.69) is 20.3 Å². The molecular weight excluding hydrogens is 266 g/mol. The highest BCUT2D eigenvalue weighted by molar-refractivity contribution is 6.28. The van der Waals surface area contributed by atoms with Crippen molar-refractivity contribution in [2.24, 2.45) is 0 Å². The van der Waals surface area contributed by atoms with Gasteiger partial charge in [-0.05, 0) is 29.8 Å². The highest BCUT2D eigenvalue weighted by Crippen LogP contribution is 2.23. The molecule has 2 N–H and O–H groups in total. The van der Waals surface area contributed by atoms with Crippen LogP contribution in [0, 0.1) is 11.3 Å². The van der Waals surface area contributed by atoms with E-state index >= 15 is 0 Å². The lowest BCUT2D eigenvalue weighted by atomic mass is 10.3. The molecule has 0 saturated heterocycles. The normalized spacial score (nSPS) is 10.5. The summed E-state index contributed by atoms with van der Waals surface area (Å²) in [5.41, 5.74) is 0.936. The molecule has 0 aliphatic heterocycles. The molecule has 0 radical (unpaired) electrons. The fraction of sp³-hybridized carbons (Fsp3) is 0.0833. The number of nitrogens with zero attached hydrogens (tertiary/aromatic N) is 3. The van der Waals surface area contributed by atoms with Crippen LogP contribution in [-0.4, -0.2) is 15.0 Å². The molecule has 0 aliphatic rings. The fourth-order valence-corrected chi connectivity index (χ4v) is 1.93. The summed E-state index contributed by atoms with van der Waals surface area (Å²) < 4.78 is 5.22. The van der Waals surface area contributed by atoms with E-state index in [4.69, 9.17) is 21.3 Å². The van der Waals surface area contributed by atoms with Gasteiger partial charge in [0.2, 0.25) is 5.28 Å². The zero-order valence-electron chi connectivity index (χ0n) is 9.64. The van der Waals surface area contributed by atoms with Crippen molar-refractivity contribution in [2.75, 3.05) is 5.32 Å². The first-order valence-corrected chi connectivity index (χ1v) is 5.86. The number of nitrogens with one attached hydrogen (secondary N) is 2. The highest BCUT2D eigenvalue weighted by Gasteiger charge is 2.10. The molecule has 3 heterocycles. The lowest BCUT2D eigenvalue weighted by molar-refractivity contribution is 0.518. The molecule has 0 spiro atoms. The van der Waals surface area contributed by atoms with Crippen LogP contribution in [0.25, 0.3) is 11.0 Å². The first kappa shape index (κ1) is 11.6. The molecule has 0 aromatic carbocycles. The zero-order chi connectivity index (χ0) is 13.2. The summed E-state index contributed by atoms with van der Waals surface area (Å²) in [6, 6.07) is 7.36. The van der Waals surface area contributed by atoms with Gasteiger partial charge >= 0.3 is 0 Å². The van der Waals surface area contributed by atoms with Crippen molar-refractivity contribution in [3.05, 3.63) is 41.2 Å². The average molecular weight is 274 g/mol. The Labute approximate surface area is 113 Å². The van der Waals surface area contributed by atoms with Crippen LogP contribution in [0.5, 0.6) is 0 Å². The van der Waals surface area contributed by atoms with Gasteiger partial charge in [-0.2, -0.15) is 10.2 Å². The van der Waals surface area contributed by atoms with E-state index in [1.54, 1.807) is 12.3 Å². The number of furan rings is 1. The number of H-pyrrole nitrogens is 1. The Morgan fingerprint density at radius 2 is 2.37 bits per heavy atom. The molecule has 3 aromatic heterocycles. The minimum Gasteiger partial charge on any atom is -0.467 e. The third-order valence-electron chi connectivity index (χ3n) is 2.59. The van der Waals surface area contributed by atoms with Gasteiger partial charge in [-0.15, -0.1) is 0 Å². The van der Waals surface area contributed by atoms with Crippen molar-refractivity contribution in [3.8, 4) is 6.07 Å². The van der Waals surface area contributed by atoms with E-state index in [0.29, 0.717) is 29.1 Å². The molecule has 7 heteroatoms. The molecule has 0 bridgehead atoms. The maximum atomic E-state index is 8.88. The number of anilines is 1. The van der Waals surface area contributed by atoms with Gasteiger partial charge in [-0.25, -0.2) is 4.98 Å². The van der Waals surface area contributed by atoms with Crippen LogP contribution in [0.1, 0.15) is 11.5 Å². The van der Waals surface area contributed by atoms with E-state index in [9.17, 15) is 0 Å². The van der Waals surface area contributed by atoms with Crippen molar-refractivity contribution in [3.63, 3.8) is 0 Å². The van der Waals surface area contributed by atoms with Gasteiger partial charge in [0, 0.05) is 0 Å². The first-order chi connectivity index (χ1) is 9.26. The second kappa shape index (κ2) is 4.63. The number of rotatable bonds is 3. The van der Waals surface area contributed by atoms with Crippen molar-refractivity contribution < 1.29 is 4.42 Å². The predicted octanol–water partition coefficient (Wildman–Crippen LogP) is 2.69. The van der Waals surface area contributed by atoms with E-state index in [1.807, 2.05) is 18.2 Å². The molecule has 0 saturated carbocycles. The molecular formula is C12H8ClN5O. The van der Waals surface area contributed by atoms with Gasteiger partial charge in [-0.3, -0.25) is 0 Å².